The molecule has 1 fully saturated rings. The zero-order valence-corrected chi connectivity index (χ0v) is 9.42. The third-order valence-electron chi connectivity index (χ3n) is 2.85. The fourth-order valence-corrected chi connectivity index (χ4v) is 2.24. The van der Waals surface area contributed by atoms with E-state index in [0.717, 1.165) is 6.07 Å². The molecule has 1 saturated carbocycles. The Kier molecular flexibility index (Phi) is 2.60. The molecule has 0 saturated heterocycles. The molecule has 1 aromatic rings. The summed E-state index contributed by atoms with van der Waals surface area (Å²) in [5.41, 5.74) is 3.64. The summed E-state index contributed by atoms with van der Waals surface area (Å²) in [6.07, 6.45) is -0.445. The maximum absolute atomic E-state index is 13.2. The van der Waals surface area contributed by atoms with Crippen LogP contribution in [0.5, 0.6) is 0 Å². The maximum atomic E-state index is 13.2. The minimum Gasteiger partial charge on any atom is -0.329 e. The largest absolute Gasteiger partial charge is 0.329 e. The minimum absolute atomic E-state index is 0.0800. The highest BCUT2D eigenvalue weighted by atomic mass is 35.5. The monoisotopic (exact) mass is 270 g/mol. The molecule has 88 valence electrons. The van der Waals surface area contributed by atoms with E-state index >= 15 is 0 Å². The highest BCUT2D eigenvalue weighted by Gasteiger charge is 2.72. The lowest BCUT2D eigenvalue weighted by molar-refractivity contribution is 0.0895. The molecule has 2 nitrogen and oxygen atoms in total. The van der Waals surface area contributed by atoms with Crippen LogP contribution < -0.4 is 5.73 Å². The molecule has 1 heterocycles. The van der Waals surface area contributed by atoms with Crippen molar-refractivity contribution in [1.29, 1.82) is 0 Å². The first-order chi connectivity index (χ1) is 7.34. The second kappa shape index (κ2) is 3.48. The highest BCUT2D eigenvalue weighted by Crippen LogP contribution is 2.62. The fourth-order valence-electron chi connectivity index (χ4n) is 1.74. The highest BCUT2D eigenvalue weighted by molar-refractivity contribution is 6.33. The number of hydrogen-bond acceptors (Lipinski definition) is 2. The van der Waals surface area contributed by atoms with Crippen LogP contribution in [0.2, 0.25) is 10.3 Å². The predicted octanol–water partition coefficient (Wildman–Crippen LogP) is 2.76. The number of aromatic nitrogens is 1. The lowest BCUT2D eigenvalue weighted by Crippen LogP contribution is -2.27. The van der Waals surface area contributed by atoms with E-state index in [1.54, 1.807) is 0 Å². The van der Waals surface area contributed by atoms with Crippen LogP contribution >= 0.6 is 23.2 Å². The van der Waals surface area contributed by atoms with Crippen LogP contribution in [0.3, 0.4) is 0 Å². The van der Waals surface area contributed by atoms with Gasteiger partial charge < -0.3 is 5.73 Å². The van der Waals surface area contributed by atoms with Crippen LogP contribution in [0.15, 0.2) is 6.07 Å². The van der Waals surface area contributed by atoms with Crippen molar-refractivity contribution in [3.05, 3.63) is 27.8 Å². The topological polar surface area (TPSA) is 38.9 Å². The van der Waals surface area contributed by atoms with Crippen molar-refractivity contribution in [2.75, 3.05) is 6.54 Å². The molecule has 0 radical (unpaired) electrons. The second-order valence-electron chi connectivity index (χ2n) is 3.77. The molecule has 2 rings (SSSR count). The molecule has 0 aliphatic heterocycles. The quantitative estimate of drug-likeness (QED) is 0.840. The minimum atomic E-state index is -2.96. The molecule has 7 heteroatoms. The first kappa shape index (κ1) is 12.0. The maximum Gasteiger partial charge on any atom is 0.260 e. The fraction of sp³-hybridized carbons (Fsp3) is 0.444. The van der Waals surface area contributed by atoms with Crippen molar-refractivity contribution < 1.29 is 13.2 Å². The van der Waals surface area contributed by atoms with E-state index in [9.17, 15) is 13.2 Å². The molecule has 16 heavy (non-hydrogen) atoms. The summed E-state index contributed by atoms with van der Waals surface area (Å²) in [4.78, 5) is 3.46. The van der Waals surface area contributed by atoms with E-state index in [1.165, 1.54) is 0 Å². The Bertz CT molecular complexity index is 453. The van der Waals surface area contributed by atoms with Crippen LogP contribution in [-0.2, 0) is 5.41 Å². The van der Waals surface area contributed by atoms with Crippen LogP contribution in [0.1, 0.15) is 12.0 Å². The SMILES string of the molecule is NCC1(c2cc(F)c(Cl)nc2Cl)CC1(F)F. The summed E-state index contributed by atoms with van der Waals surface area (Å²) in [5.74, 6) is -3.84. The lowest BCUT2D eigenvalue weighted by Gasteiger charge is -2.15. The van der Waals surface area contributed by atoms with Crippen LogP contribution in [0.25, 0.3) is 0 Å². The van der Waals surface area contributed by atoms with Crippen molar-refractivity contribution in [2.24, 2.45) is 5.73 Å². The zero-order valence-electron chi connectivity index (χ0n) is 7.91. The average molecular weight is 271 g/mol. The van der Waals surface area contributed by atoms with Gasteiger partial charge in [-0.2, -0.15) is 0 Å². The Hall–Kier alpha value is -0.520. The van der Waals surface area contributed by atoms with E-state index in [2.05, 4.69) is 4.98 Å². The van der Waals surface area contributed by atoms with Crippen molar-refractivity contribution in [3.8, 4) is 0 Å². The van der Waals surface area contributed by atoms with E-state index in [4.69, 9.17) is 28.9 Å². The van der Waals surface area contributed by atoms with Gasteiger partial charge in [0.15, 0.2) is 11.0 Å². The Labute approximate surface area is 99.5 Å². The van der Waals surface area contributed by atoms with E-state index in [-0.39, 0.29) is 17.3 Å². The Morgan fingerprint density at radius 3 is 2.38 bits per heavy atom. The summed E-state index contributed by atoms with van der Waals surface area (Å²) in [6, 6.07) is 0.880. The van der Waals surface area contributed by atoms with Crippen LogP contribution in [0, 0.1) is 5.82 Å². The smallest absolute Gasteiger partial charge is 0.260 e. The molecule has 0 amide bonds. The van der Waals surface area contributed by atoms with Gasteiger partial charge in [-0.25, -0.2) is 18.2 Å². The molecule has 1 unspecified atom stereocenters. The first-order valence-corrected chi connectivity index (χ1v) is 5.19. The van der Waals surface area contributed by atoms with Crippen molar-refractivity contribution in [2.45, 2.75) is 17.8 Å². The molecule has 1 atom stereocenters. The average Bonchev–Trinajstić information content (AvgIpc) is 2.76. The van der Waals surface area contributed by atoms with Gasteiger partial charge in [0.2, 0.25) is 0 Å². The molecule has 1 aromatic heterocycles. The number of hydrogen-bond donors (Lipinski definition) is 1. The third-order valence-corrected chi connectivity index (χ3v) is 3.40. The normalized spacial score (nSPS) is 26.9. The Balaban J connectivity index is 2.53. The summed E-state index contributed by atoms with van der Waals surface area (Å²) in [7, 11) is 0. The lowest BCUT2D eigenvalue weighted by atomic mass is 9.97. The summed E-state index contributed by atoms with van der Waals surface area (Å²) in [5, 5.41) is -0.668. The third kappa shape index (κ3) is 1.49. The van der Waals surface area contributed by atoms with Crippen molar-refractivity contribution in [3.63, 3.8) is 0 Å². The summed E-state index contributed by atoms with van der Waals surface area (Å²) < 4.78 is 39.6. The summed E-state index contributed by atoms with van der Waals surface area (Å²) >= 11 is 11.1. The number of rotatable bonds is 2. The van der Waals surface area contributed by atoms with Gasteiger partial charge in [-0.05, 0) is 6.07 Å². The van der Waals surface area contributed by atoms with Gasteiger partial charge in [-0.15, -0.1) is 0 Å². The van der Waals surface area contributed by atoms with Crippen molar-refractivity contribution >= 4 is 23.2 Å². The molecule has 1 aliphatic rings. The van der Waals surface area contributed by atoms with E-state index < -0.39 is 28.7 Å². The number of nitrogens with two attached hydrogens (primary N) is 1. The molecular weight excluding hydrogens is 264 g/mol. The zero-order chi connectivity index (χ0) is 12.1. The molecular formula is C9H7Cl2F3N2. The predicted molar refractivity (Wildman–Crippen MR) is 54.5 cm³/mol. The van der Waals surface area contributed by atoms with Gasteiger partial charge in [-0.3, -0.25) is 0 Å². The Morgan fingerprint density at radius 1 is 1.38 bits per heavy atom. The van der Waals surface area contributed by atoms with Gasteiger partial charge in [0.05, 0.1) is 5.41 Å². The second-order valence-corrected chi connectivity index (χ2v) is 4.48. The molecule has 1 aliphatic carbocycles. The Morgan fingerprint density at radius 2 is 1.94 bits per heavy atom. The van der Waals surface area contributed by atoms with Gasteiger partial charge in [0.1, 0.15) is 5.15 Å². The molecule has 0 bridgehead atoms. The molecule has 0 aromatic carbocycles. The van der Waals surface area contributed by atoms with Crippen molar-refractivity contribution in [1.82, 2.24) is 4.98 Å². The van der Waals surface area contributed by atoms with Gasteiger partial charge in [0, 0.05) is 18.5 Å². The van der Waals surface area contributed by atoms with Gasteiger partial charge >= 0.3 is 0 Å². The summed E-state index contributed by atoms with van der Waals surface area (Å²) in [6.45, 7) is -0.317. The number of pyridine rings is 1. The van der Waals surface area contributed by atoms with Gasteiger partial charge in [-0.1, -0.05) is 23.2 Å². The molecule has 0 spiro atoms. The van der Waals surface area contributed by atoms with E-state index in [0.29, 0.717) is 0 Å². The number of alkyl halides is 2. The molecule has 2 N–H and O–H groups in total. The first-order valence-electron chi connectivity index (χ1n) is 4.44. The number of halogens is 5. The van der Waals surface area contributed by atoms with Gasteiger partial charge in [0.25, 0.3) is 5.92 Å². The standard InChI is InChI=1S/C9H7Cl2F3N2/c10-6-4(1-5(12)7(11)16-6)8(3-15)2-9(8,13)14/h1H,2-3,15H2. The van der Waals surface area contributed by atoms with E-state index in [1.807, 2.05) is 0 Å². The number of nitrogens with zero attached hydrogens (tertiary/aromatic N) is 1. The van der Waals surface area contributed by atoms with Crippen LogP contribution in [0.4, 0.5) is 13.2 Å². The van der Waals surface area contributed by atoms with Crippen LogP contribution in [-0.4, -0.2) is 17.5 Å².